The Hall–Kier alpha value is -0.870. The zero-order valence-corrected chi connectivity index (χ0v) is 12.1. The normalized spacial score (nSPS) is 12.7. The van der Waals surface area contributed by atoms with Crippen molar-refractivity contribution in [2.24, 2.45) is 11.7 Å². The molecule has 4 nitrogen and oxygen atoms in total. The number of aryl methyl sites for hydroxylation is 2. The number of aromatic nitrogens is 2. The van der Waals surface area contributed by atoms with Gasteiger partial charge in [0.05, 0.1) is 16.4 Å². The number of nitrogens with zero attached hydrogens (tertiary/aromatic N) is 2. The molecule has 1 rings (SSSR count). The Balaban J connectivity index is 2.83. The van der Waals surface area contributed by atoms with Crippen molar-refractivity contribution in [3.05, 3.63) is 16.4 Å². The summed E-state index contributed by atoms with van der Waals surface area (Å²) in [5.74, 6) is 0.395. The van der Waals surface area contributed by atoms with Crippen LogP contribution in [0.25, 0.3) is 0 Å². The van der Waals surface area contributed by atoms with Crippen LogP contribution in [0, 0.1) is 5.92 Å². The lowest BCUT2D eigenvalue weighted by molar-refractivity contribution is -0.119. The van der Waals surface area contributed by atoms with Crippen LogP contribution in [0.4, 0.5) is 0 Å². The first-order chi connectivity index (χ1) is 8.53. The molecule has 18 heavy (non-hydrogen) atoms. The number of carbonyl (C=O) groups excluding carboxylic acids is 1. The predicted octanol–water partition coefficient (Wildman–Crippen LogP) is 2.22. The van der Waals surface area contributed by atoms with Gasteiger partial charge in [-0.25, -0.2) is 0 Å². The van der Waals surface area contributed by atoms with Gasteiger partial charge in [0.1, 0.15) is 5.78 Å². The molecule has 0 saturated carbocycles. The number of rotatable bonds is 7. The van der Waals surface area contributed by atoms with Crippen molar-refractivity contribution in [2.75, 3.05) is 6.54 Å². The van der Waals surface area contributed by atoms with Crippen molar-refractivity contribution in [2.45, 2.75) is 46.6 Å². The highest BCUT2D eigenvalue weighted by Crippen LogP contribution is 2.22. The molecule has 1 aromatic rings. The topological polar surface area (TPSA) is 60.9 Å². The highest BCUT2D eigenvalue weighted by atomic mass is 35.5. The van der Waals surface area contributed by atoms with Crippen LogP contribution >= 0.6 is 11.6 Å². The molecule has 5 heteroatoms. The molecule has 0 aliphatic heterocycles. The van der Waals surface area contributed by atoms with Crippen LogP contribution in [0.3, 0.4) is 0 Å². The number of hydrogen-bond acceptors (Lipinski definition) is 3. The van der Waals surface area contributed by atoms with Gasteiger partial charge >= 0.3 is 0 Å². The summed E-state index contributed by atoms with van der Waals surface area (Å²) < 4.78 is 1.83. The van der Waals surface area contributed by atoms with Gasteiger partial charge in [-0.05, 0) is 25.8 Å². The number of halogens is 1. The monoisotopic (exact) mass is 271 g/mol. The molecular formula is C13H22ClN3O. The van der Waals surface area contributed by atoms with E-state index in [0.29, 0.717) is 24.4 Å². The molecule has 0 spiro atoms. The summed E-state index contributed by atoms with van der Waals surface area (Å²) in [5, 5.41) is 5.05. The van der Waals surface area contributed by atoms with Gasteiger partial charge in [0, 0.05) is 19.4 Å². The molecule has 1 unspecified atom stereocenters. The summed E-state index contributed by atoms with van der Waals surface area (Å²) in [7, 11) is 0. The van der Waals surface area contributed by atoms with Crippen molar-refractivity contribution >= 4 is 17.4 Å². The molecule has 0 aliphatic carbocycles. The second kappa shape index (κ2) is 6.90. The minimum Gasteiger partial charge on any atom is -0.330 e. The van der Waals surface area contributed by atoms with E-state index in [1.807, 2.05) is 25.5 Å². The van der Waals surface area contributed by atoms with Crippen LogP contribution in [-0.2, 0) is 24.2 Å². The van der Waals surface area contributed by atoms with E-state index in [1.54, 1.807) is 0 Å². The second-order valence-electron chi connectivity index (χ2n) is 4.64. The Bertz CT molecular complexity index is 415. The number of hydrogen-bond donors (Lipinski definition) is 1. The summed E-state index contributed by atoms with van der Waals surface area (Å²) >= 11 is 6.26. The van der Waals surface area contributed by atoms with Crippen molar-refractivity contribution in [1.29, 1.82) is 0 Å². The standard InChI is InChI=1S/C13H22ClN3O/c1-4-11-13(14)12(17(5-2)16-11)7-10(18)6-9(3)8-15/h9H,4-8,15H2,1-3H3. The van der Waals surface area contributed by atoms with E-state index in [9.17, 15) is 4.79 Å². The molecule has 0 aliphatic rings. The van der Waals surface area contributed by atoms with Gasteiger partial charge < -0.3 is 5.73 Å². The minimum absolute atomic E-state index is 0.173. The lowest BCUT2D eigenvalue weighted by Crippen LogP contribution is -2.17. The Morgan fingerprint density at radius 2 is 2.17 bits per heavy atom. The summed E-state index contributed by atoms with van der Waals surface area (Å²) in [6.45, 7) is 7.26. The van der Waals surface area contributed by atoms with Crippen molar-refractivity contribution in [1.82, 2.24) is 9.78 Å². The van der Waals surface area contributed by atoms with Gasteiger partial charge in [-0.1, -0.05) is 25.4 Å². The highest BCUT2D eigenvalue weighted by Gasteiger charge is 2.18. The molecule has 0 amide bonds. The number of carbonyl (C=O) groups is 1. The maximum Gasteiger partial charge on any atom is 0.139 e. The Labute approximate surface area is 113 Å². The molecule has 0 bridgehead atoms. The average Bonchev–Trinajstić information content (AvgIpc) is 2.66. The third-order valence-electron chi connectivity index (χ3n) is 3.04. The van der Waals surface area contributed by atoms with E-state index >= 15 is 0 Å². The fourth-order valence-electron chi connectivity index (χ4n) is 1.92. The van der Waals surface area contributed by atoms with E-state index in [0.717, 1.165) is 24.4 Å². The fraction of sp³-hybridized carbons (Fsp3) is 0.692. The van der Waals surface area contributed by atoms with Crippen LogP contribution in [-0.4, -0.2) is 22.1 Å². The summed E-state index contributed by atoms with van der Waals surface area (Å²) in [6.07, 6.45) is 1.64. The van der Waals surface area contributed by atoms with Crippen molar-refractivity contribution < 1.29 is 4.79 Å². The smallest absolute Gasteiger partial charge is 0.139 e. The first-order valence-corrected chi connectivity index (χ1v) is 6.87. The summed E-state index contributed by atoms with van der Waals surface area (Å²) in [6, 6.07) is 0. The molecule has 1 aromatic heterocycles. The van der Waals surface area contributed by atoms with Crippen molar-refractivity contribution in [3.8, 4) is 0 Å². The Morgan fingerprint density at radius 1 is 1.50 bits per heavy atom. The first-order valence-electron chi connectivity index (χ1n) is 6.49. The average molecular weight is 272 g/mol. The van der Waals surface area contributed by atoms with Crippen LogP contribution in [0.5, 0.6) is 0 Å². The molecule has 0 saturated heterocycles. The van der Waals surface area contributed by atoms with Crippen molar-refractivity contribution in [3.63, 3.8) is 0 Å². The molecule has 0 aromatic carbocycles. The first kappa shape index (κ1) is 15.2. The highest BCUT2D eigenvalue weighted by molar-refractivity contribution is 6.32. The van der Waals surface area contributed by atoms with E-state index in [-0.39, 0.29) is 11.7 Å². The minimum atomic E-state index is 0.173. The van der Waals surface area contributed by atoms with Crippen LogP contribution in [0.1, 0.15) is 38.6 Å². The number of Topliss-reactive ketones (excluding diaryl/α,β-unsaturated/α-hetero) is 1. The van der Waals surface area contributed by atoms with Gasteiger partial charge in [-0.15, -0.1) is 0 Å². The third kappa shape index (κ3) is 3.56. The maximum atomic E-state index is 11.9. The van der Waals surface area contributed by atoms with E-state index in [1.165, 1.54) is 0 Å². The predicted molar refractivity (Wildman–Crippen MR) is 73.8 cm³/mol. The van der Waals surface area contributed by atoms with Crippen LogP contribution in [0.15, 0.2) is 0 Å². The SMILES string of the molecule is CCc1nn(CC)c(CC(=O)CC(C)CN)c1Cl. The lowest BCUT2D eigenvalue weighted by Gasteiger charge is -2.08. The van der Waals surface area contributed by atoms with Crippen LogP contribution in [0.2, 0.25) is 5.02 Å². The molecule has 0 fully saturated rings. The third-order valence-corrected chi connectivity index (χ3v) is 3.47. The van der Waals surface area contributed by atoms with Gasteiger partial charge in [0.25, 0.3) is 0 Å². The summed E-state index contributed by atoms with van der Waals surface area (Å²) in [4.78, 5) is 11.9. The van der Waals surface area contributed by atoms with Gasteiger partial charge in [-0.3, -0.25) is 9.48 Å². The molecule has 0 radical (unpaired) electrons. The molecule has 1 atom stereocenters. The summed E-state index contributed by atoms with van der Waals surface area (Å²) in [5.41, 5.74) is 7.24. The zero-order valence-electron chi connectivity index (χ0n) is 11.4. The molecule has 2 N–H and O–H groups in total. The van der Waals surface area contributed by atoms with Gasteiger partial charge in [0.15, 0.2) is 0 Å². The van der Waals surface area contributed by atoms with E-state index < -0.39 is 0 Å². The van der Waals surface area contributed by atoms with Crippen LogP contribution < -0.4 is 5.73 Å². The van der Waals surface area contributed by atoms with Gasteiger partial charge in [-0.2, -0.15) is 5.10 Å². The second-order valence-corrected chi connectivity index (χ2v) is 5.02. The Morgan fingerprint density at radius 3 is 2.67 bits per heavy atom. The van der Waals surface area contributed by atoms with E-state index in [2.05, 4.69) is 5.10 Å². The molecule has 102 valence electrons. The fourth-order valence-corrected chi connectivity index (χ4v) is 2.25. The lowest BCUT2D eigenvalue weighted by atomic mass is 10.0. The quantitative estimate of drug-likeness (QED) is 0.827. The maximum absolute atomic E-state index is 11.9. The van der Waals surface area contributed by atoms with Gasteiger partial charge in [0.2, 0.25) is 0 Å². The Kier molecular flexibility index (Phi) is 5.82. The molecule has 1 heterocycles. The molecular weight excluding hydrogens is 250 g/mol. The number of nitrogens with two attached hydrogens (primary N) is 1. The van der Waals surface area contributed by atoms with E-state index in [4.69, 9.17) is 17.3 Å². The number of ketones is 1. The zero-order chi connectivity index (χ0) is 13.7. The largest absolute Gasteiger partial charge is 0.330 e.